The highest BCUT2D eigenvalue weighted by molar-refractivity contribution is 9.10. The van der Waals surface area contributed by atoms with E-state index in [1.807, 2.05) is 24.3 Å². The van der Waals surface area contributed by atoms with Crippen LogP contribution in [0, 0.1) is 5.92 Å². The summed E-state index contributed by atoms with van der Waals surface area (Å²) in [6, 6.07) is 13.9. The van der Waals surface area contributed by atoms with Crippen LogP contribution in [0.3, 0.4) is 0 Å². The number of halogens is 1. The van der Waals surface area contributed by atoms with Crippen molar-refractivity contribution in [3.05, 3.63) is 75.8 Å². The molecule has 23 heavy (non-hydrogen) atoms. The van der Waals surface area contributed by atoms with Gasteiger partial charge < -0.3 is 10.4 Å². The molecule has 2 N–H and O–H groups in total. The first-order valence-corrected chi connectivity index (χ1v) is 8.49. The van der Waals surface area contributed by atoms with Crippen molar-refractivity contribution in [2.75, 3.05) is 5.32 Å². The number of carbonyl (C=O) groups is 1. The van der Waals surface area contributed by atoms with Gasteiger partial charge in [-0.05, 0) is 41.7 Å². The molecule has 4 rings (SSSR count). The van der Waals surface area contributed by atoms with Crippen molar-refractivity contribution in [1.29, 1.82) is 0 Å². The lowest BCUT2D eigenvalue weighted by Crippen LogP contribution is -2.30. The number of benzene rings is 2. The summed E-state index contributed by atoms with van der Waals surface area (Å²) in [6.45, 7) is 0. The van der Waals surface area contributed by atoms with Crippen LogP contribution in [0.25, 0.3) is 0 Å². The number of rotatable bonds is 2. The standard InChI is InChI=1S/C19H16BrNO2/c20-12-5-1-4-11(10-12)17-14-7-2-6-13(14)15-8-3-9-16(19(22)23)18(15)21-17/h1-6,8-10,13-14,17,21H,7H2,(H,22,23)/t13-,14-,17+/m0/s1. The predicted molar refractivity (Wildman–Crippen MR) is 93.9 cm³/mol. The number of para-hydroxylation sites is 1. The van der Waals surface area contributed by atoms with Crippen molar-refractivity contribution in [2.24, 2.45) is 5.92 Å². The molecule has 1 aliphatic carbocycles. The number of hydrogen-bond donors (Lipinski definition) is 2. The largest absolute Gasteiger partial charge is 0.478 e. The van der Waals surface area contributed by atoms with E-state index in [9.17, 15) is 9.90 Å². The van der Waals surface area contributed by atoms with Gasteiger partial charge in [-0.25, -0.2) is 4.79 Å². The van der Waals surface area contributed by atoms with Gasteiger partial charge in [0, 0.05) is 10.4 Å². The number of aromatic carboxylic acids is 1. The van der Waals surface area contributed by atoms with E-state index < -0.39 is 5.97 Å². The van der Waals surface area contributed by atoms with Crippen LogP contribution in [0.15, 0.2) is 59.1 Å². The molecule has 116 valence electrons. The van der Waals surface area contributed by atoms with Gasteiger partial charge in [-0.2, -0.15) is 0 Å². The Morgan fingerprint density at radius 2 is 2.04 bits per heavy atom. The molecule has 3 nitrogen and oxygen atoms in total. The Kier molecular flexibility index (Phi) is 3.49. The van der Waals surface area contributed by atoms with Gasteiger partial charge in [0.1, 0.15) is 0 Å². The molecule has 2 aromatic rings. The fourth-order valence-electron chi connectivity index (χ4n) is 3.83. The first-order valence-electron chi connectivity index (χ1n) is 7.70. The van der Waals surface area contributed by atoms with Gasteiger partial charge in [0.05, 0.1) is 17.3 Å². The van der Waals surface area contributed by atoms with Crippen LogP contribution in [0.5, 0.6) is 0 Å². The van der Waals surface area contributed by atoms with Gasteiger partial charge in [-0.15, -0.1) is 0 Å². The van der Waals surface area contributed by atoms with Crippen molar-refractivity contribution in [3.8, 4) is 0 Å². The van der Waals surface area contributed by atoms with Crippen molar-refractivity contribution in [2.45, 2.75) is 18.4 Å². The number of fused-ring (bicyclic) bond motifs is 3. The smallest absolute Gasteiger partial charge is 0.337 e. The molecule has 0 bridgehead atoms. The van der Waals surface area contributed by atoms with Crippen molar-refractivity contribution in [1.82, 2.24) is 0 Å². The molecule has 3 atom stereocenters. The predicted octanol–water partition coefficient (Wildman–Crippen LogP) is 4.97. The number of hydrogen-bond acceptors (Lipinski definition) is 2. The van der Waals surface area contributed by atoms with E-state index in [1.165, 1.54) is 5.56 Å². The first-order chi connectivity index (χ1) is 11.1. The third kappa shape index (κ3) is 2.38. The maximum absolute atomic E-state index is 11.6. The molecule has 0 radical (unpaired) electrons. The van der Waals surface area contributed by atoms with Crippen molar-refractivity contribution >= 4 is 27.6 Å². The Balaban J connectivity index is 1.85. The Morgan fingerprint density at radius 3 is 2.83 bits per heavy atom. The molecule has 0 saturated heterocycles. The van der Waals surface area contributed by atoms with E-state index in [2.05, 4.69) is 45.5 Å². The van der Waals surface area contributed by atoms with Crippen LogP contribution < -0.4 is 5.32 Å². The van der Waals surface area contributed by atoms with Gasteiger partial charge in [0.15, 0.2) is 0 Å². The number of nitrogens with one attached hydrogen (secondary N) is 1. The maximum atomic E-state index is 11.6. The third-order valence-electron chi connectivity index (χ3n) is 4.83. The number of anilines is 1. The fraction of sp³-hybridized carbons (Fsp3) is 0.211. The molecular weight excluding hydrogens is 354 g/mol. The zero-order valence-corrected chi connectivity index (χ0v) is 14.0. The second kappa shape index (κ2) is 5.53. The average molecular weight is 370 g/mol. The fourth-order valence-corrected chi connectivity index (χ4v) is 4.25. The Hall–Kier alpha value is -2.07. The molecule has 2 aliphatic rings. The summed E-state index contributed by atoms with van der Waals surface area (Å²) in [5.74, 6) is -0.196. The highest BCUT2D eigenvalue weighted by atomic mass is 79.9. The lowest BCUT2D eigenvalue weighted by atomic mass is 9.76. The Bertz CT molecular complexity index is 815. The van der Waals surface area contributed by atoms with Crippen LogP contribution in [-0.4, -0.2) is 11.1 Å². The van der Waals surface area contributed by atoms with Gasteiger partial charge in [-0.3, -0.25) is 0 Å². The molecule has 0 amide bonds. The molecule has 1 aliphatic heterocycles. The highest BCUT2D eigenvalue weighted by Gasteiger charge is 2.39. The molecule has 4 heteroatoms. The quantitative estimate of drug-likeness (QED) is 0.734. The van der Waals surface area contributed by atoms with Crippen LogP contribution >= 0.6 is 15.9 Å². The number of carboxylic acid groups (broad SMARTS) is 1. The van der Waals surface area contributed by atoms with Gasteiger partial charge in [0.25, 0.3) is 0 Å². The monoisotopic (exact) mass is 369 g/mol. The molecule has 2 aromatic carbocycles. The second-order valence-corrected chi connectivity index (χ2v) is 7.02. The zero-order valence-electron chi connectivity index (χ0n) is 12.4. The minimum atomic E-state index is -0.886. The van der Waals surface area contributed by atoms with Gasteiger partial charge >= 0.3 is 5.97 Å². The molecule has 1 heterocycles. The van der Waals surface area contributed by atoms with Crippen LogP contribution in [-0.2, 0) is 0 Å². The second-order valence-electron chi connectivity index (χ2n) is 6.11. The van der Waals surface area contributed by atoms with E-state index >= 15 is 0 Å². The first kappa shape index (κ1) is 14.5. The third-order valence-corrected chi connectivity index (χ3v) is 5.33. The van der Waals surface area contributed by atoms with E-state index in [1.54, 1.807) is 6.07 Å². The summed E-state index contributed by atoms with van der Waals surface area (Å²) in [5.41, 5.74) is 3.39. The Morgan fingerprint density at radius 1 is 1.22 bits per heavy atom. The topological polar surface area (TPSA) is 49.3 Å². The van der Waals surface area contributed by atoms with Crippen LogP contribution in [0.4, 0.5) is 5.69 Å². The van der Waals surface area contributed by atoms with Crippen LogP contribution in [0.2, 0.25) is 0 Å². The SMILES string of the molecule is O=C(O)c1cccc2c1N[C@H](c1cccc(Br)c1)[C@H]1CC=C[C@H]21. The summed E-state index contributed by atoms with van der Waals surface area (Å²) < 4.78 is 1.04. The van der Waals surface area contributed by atoms with E-state index in [0.717, 1.165) is 22.1 Å². The lowest BCUT2D eigenvalue weighted by Gasteiger charge is -2.38. The summed E-state index contributed by atoms with van der Waals surface area (Å²) in [7, 11) is 0. The summed E-state index contributed by atoms with van der Waals surface area (Å²) in [4.78, 5) is 11.6. The molecular formula is C19H16BrNO2. The highest BCUT2D eigenvalue weighted by Crippen LogP contribution is 2.50. The number of carboxylic acids is 1. The molecule has 0 aromatic heterocycles. The van der Waals surface area contributed by atoms with E-state index in [0.29, 0.717) is 11.5 Å². The summed E-state index contributed by atoms with van der Waals surface area (Å²) in [6.07, 6.45) is 5.44. The molecule has 0 saturated carbocycles. The Labute approximate surface area is 143 Å². The van der Waals surface area contributed by atoms with Crippen LogP contribution in [0.1, 0.15) is 39.9 Å². The van der Waals surface area contributed by atoms with Gasteiger partial charge in [0.2, 0.25) is 0 Å². The van der Waals surface area contributed by atoms with Crippen molar-refractivity contribution in [3.63, 3.8) is 0 Å². The van der Waals surface area contributed by atoms with Gasteiger partial charge in [-0.1, -0.05) is 52.3 Å². The summed E-state index contributed by atoms with van der Waals surface area (Å²) in [5, 5.41) is 13.0. The zero-order chi connectivity index (χ0) is 16.0. The van der Waals surface area contributed by atoms with Crippen molar-refractivity contribution < 1.29 is 9.90 Å². The maximum Gasteiger partial charge on any atom is 0.337 e. The number of allylic oxidation sites excluding steroid dienone is 2. The molecule has 0 fully saturated rings. The minimum absolute atomic E-state index is 0.112. The van der Waals surface area contributed by atoms with E-state index in [-0.39, 0.29) is 12.0 Å². The normalized spacial score (nSPS) is 24.7. The molecule has 0 spiro atoms. The molecule has 0 unspecified atom stereocenters. The van der Waals surface area contributed by atoms with E-state index in [4.69, 9.17) is 0 Å². The average Bonchev–Trinajstić information content (AvgIpc) is 3.03. The minimum Gasteiger partial charge on any atom is -0.478 e. The lowest BCUT2D eigenvalue weighted by molar-refractivity contribution is 0.0697. The summed E-state index contributed by atoms with van der Waals surface area (Å²) >= 11 is 3.53.